The van der Waals surface area contributed by atoms with Crippen LogP contribution in [0.2, 0.25) is 0 Å². The number of hydrogen-bond donors (Lipinski definition) is 0. The minimum atomic E-state index is -1.84. The van der Waals surface area contributed by atoms with Gasteiger partial charge in [-0.3, -0.25) is 0 Å². The fourth-order valence-corrected chi connectivity index (χ4v) is 17.1. The van der Waals surface area contributed by atoms with Gasteiger partial charge in [0.2, 0.25) is 0 Å². The molecule has 0 saturated carbocycles. The van der Waals surface area contributed by atoms with Crippen LogP contribution in [0.15, 0.2) is 237 Å². The van der Waals surface area contributed by atoms with E-state index in [1.807, 2.05) is 0 Å². The molecule has 6 aromatic carbocycles. The van der Waals surface area contributed by atoms with Crippen LogP contribution < -0.4 is 36.4 Å². The smallest absolute Gasteiger partial charge is 0.169 e. The van der Waals surface area contributed by atoms with Crippen molar-refractivity contribution in [3.63, 3.8) is 0 Å². The highest BCUT2D eigenvalue weighted by Crippen LogP contribution is 2.57. The van der Waals surface area contributed by atoms with E-state index >= 15 is 0 Å². The molecule has 0 aliphatic heterocycles. The van der Waals surface area contributed by atoms with E-state index in [1.54, 1.807) is 0 Å². The van der Waals surface area contributed by atoms with Crippen LogP contribution >= 0.6 is 14.5 Å². The molecule has 1 aromatic heterocycles. The number of pyridine rings is 1. The maximum absolute atomic E-state index is 2.35. The van der Waals surface area contributed by atoms with E-state index in [1.165, 1.54) is 49.4 Å². The lowest BCUT2D eigenvalue weighted by molar-refractivity contribution is -0.696. The molecule has 0 amide bonds. The van der Waals surface area contributed by atoms with E-state index in [2.05, 4.69) is 248 Å². The van der Waals surface area contributed by atoms with Gasteiger partial charge in [-0.2, -0.15) is 0 Å². The van der Waals surface area contributed by atoms with Gasteiger partial charge in [0.1, 0.15) is 46.4 Å². The monoisotopic (exact) mass is 792 g/mol. The van der Waals surface area contributed by atoms with Crippen LogP contribution in [0.25, 0.3) is 5.57 Å². The third-order valence-corrected chi connectivity index (χ3v) is 20.2. The fraction of sp³-hybridized carbons (Fsp3) is 0.145. The van der Waals surface area contributed by atoms with Gasteiger partial charge in [-0.1, -0.05) is 140 Å². The third kappa shape index (κ3) is 9.63. The van der Waals surface area contributed by atoms with Gasteiger partial charge in [-0.05, 0) is 110 Å². The van der Waals surface area contributed by atoms with E-state index in [9.17, 15) is 0 Å². The zero-order valence-corrected chi connectivity index (χ0v) is 35.6. The summed E-state index contributed by atoms with van der Waals surface area (Å²) in [7, 11) is -3.62. The number of rotatable bonds is 18. The van der Waals surface area contributed by atoms with Crippen molar-refractivity contribution in [3.8, 4) is 0 Å². The molecule has 1 heterocycles. The van der Waals surface area contributed by atoms with Crippen molar-refractivity contribution in [2.75, 3.05) is 12.3 Å². The van der Waals surface area contributed by atoms with Crippen molar-refractivity contribution in [1.82, 2.24) is 0 Å². The summed E-state index contributed by atoms with van der Waals surface area (Å²) < 4.78 is 2.35. The van der Waals surface area contributed by atoms with Crippen molar-refractivity contribution < 1.29 is 4.57 Å². The minimum absolute atomic E-state index is 0.972. The molecule has 7 aromatic rings. The van der Waals surface area contributed by atoms with Crippen LogP contribution in [-0.2, 0) is 6.54 Å². The molecule has 58 heavy (non-hydrogen) atoms. The Hall–Kier alpha value is -5.45. The van der Waals surface area contributed by atoms with Crippen LogP contribution in [0.3, 0.4) is 0 Å². The second kappa shape index (κ2) is 20.8. The average molecular weight is 793 g/mol. The predicted octanol–water partition coefficient (Wildman–Crippen LogP) is 11.0. The first kappa shape index (κ1) is 40.7. The lowest BCUT2D eigenvalue weighted by Crippen LogP contribution is -2.37. The van der Waals surface area contributed by atoms with Crippen LogP contribution in [0.1, 0.15) is 38.2 Å². The van der Waals surface area contributed by atoms with E-state index in [0.29, 0.717) is 0 Å². The summed E-state index contributed by atoms with van der Waals surface area (Å²) in [6.07, 6.45) is 22.5. The van der Waals surface area contributed by atoms with Crippen molar-refractivity contribution in [3.05, 3.63) is 242 Å². The Labute approximate surface area is 348 Å². The molecule has 0 spiro atoms. The molecule has 0 radical (unpaired) electrons. The number of allylic oxidation sites excluding steroid dienone is 6. The van der Waals surface area contributed by atoms with Crippen LogP contribution in [0.4, 0.5) is 0 Å². The Bertz CT molecular complexity index is 2140. The van der Waals surface area contributed by atoms with Crippen molar-refractivity contribution >= 4 is 51.9 Å². The summed E-state index contributed by atoms with van der Waals surface area (Å²) in [5.74, 6) is 0. The zero-order valence-electron chi connectivity index (χ0n) is 33.8. The second-order valence-electron chi connectivity index (χ2n) is 14.8. The molecule has 0 N–H and O–H groups in total. The van der Waals surface area contributed by atoms with Gasteiger partial charge in [0.15, 0.2) is 18.9 Å². The SMILES string of the molecule is C\C=C/C(=C\C=C\CCCC[P+](c1ccccc1)(c1ccccc1)c1ccccc1)c1cc[n+](CCC[P+](c2ccccc2)(c2ccccc2)c2ccccc2)cc1. The van der Waals surface area contributed by atoms with Crippen molar-refractivity contribution in [2.45, 2.75) is 39.2 Å². The summed E-state index contributed by atoms with van der Waals surface area (Å²) in [6, 6.07) is 71.9. The summed E-state index contributed by atoms with van der Waals surface area (Å²) in [6.45, 7) is 3.07. The average Bonchev–Trinajstić information content (AvgIpc) is 3.30. The summed E-state index contributed by atoms with van der Waals surface area (Å²) >= 11 is 0. The molecule has 0 unspecified atom stereocenters. The topological polar surface area (TPSA) is 3.88 Å². The Morgan fingerprint density at radius 1 is 0.448 bits per heavy atom. The van der Waals surface area contributed by atoms with Crippen molar-refractivity contribution in [2.24, 2.45) is 0 Å². The molecule has 3 heteroatoms. The van der Waals surface area contributed by atoms with Gasteiger partial charge >= 0.3 is 0 Å². The molecule has 288 valence electrons. The largest absolute Gasteiger partial charge is 0.205 e. The van der Waals surface area contributed by atoms with E-state index in [4.69, 9.17) is 0 Å². The molecule has 0 atom stereocenters. The number of aryl methyl sites for hydroxylation is 1. The number of hydrogen-bond acceptors (Lipinski definition) is 0. The van der Waals surface area contributed by atoms with Crippen LogP contribution in [-0.4, -0.2) is 12.3 Å². The molecular formula is C55H56NP2+3. The molecule has 0 aliphatic rings. The Morgan fingerprint density at radius 2 is 0.810 bits per heavy atom. The highest BCUT2D eigenvalue weighted by molar-refractivity contribution is 7.96. The normalized spacial score (nSPS) is 12.3. The maximum atomic E-state index is 2.35. The first-order valence-corrected chi connectivity index (χ1v) is 24.8. The quantitative estimate of drug-likeness (QED) is 0.0353. The summed E-state index contributed by atoms with van der Waals surface area (Å²) in [5, 5.41) is 8.74. The van der Waals surface area contributed by atoms with E-state index < -0.39 is 14.5 Å². The number of aromatic nitrogens is 1. The highest BCUT2D eigenvalue weighted by atomic mass is 31.2. The van der Waals surface area contributed by atoms with E-state index in [0.717, 1.165) is 38.1 Å². The molecule has 0 fully saturated rings. The standard InChI is InChI=1S/C55H56NP2/c1-2-27-48(28-12-4-3-5-25-46-57(50-29-13-6-14-30-50,51-31-15-7-16-32-51)52-33-17-8-18-34-52)49-41-44-56(45-42-49)43-26-47-58(53-35-19-9-20-36-53,54-37-21-10-22-38-54)55-39-23-11-24-40-55/h2,4,6-24,27-42,44-45H,3,5,25-26,43,46-47H2,1H3/q+3/b12-4+,27-2-,48-28+. The first-order chi connectivity index (χ1) is 28.7. The zero-order chi connectivity index (χ0) is 39.7. The van der Waals surface area contributed by atoms with Gasteiger partial charge in [-0.15, -0.1) is 0 Å². The molecule has 1 nitrogen and oxygen atoms in total. The van der Waals surface area contributed by atoms with Crippen molar-refractivity contribution in [1.29, 1.82) is 0 Å². The molecular weight excluding hydrogens is 737 g/mol. The van der Waals surface area contributed by atoms with Gasteiger partial charge in [0.25, 0.3) is 0 Å². The molecule has 0 saturated heterocycles. The van der Waals surface area contributed by atoms with Gasteiger partial charge in [0.05, 0.1) is 12.3 Å². The lowest BCUT2D eigenvalue weighted by atomic mass is 10.1. The Balaban J connectivity index is 1.01. The van der Waals surface area contributed by atoms with Crippen LogP contribution in [0.5, 0.6) is 0 Å². The predicted molar refractivity (Wildman–Crippen MR) is 257 cm³/mol. The van der Waals surface area contributed by atoms with Gasteiger partial charge in [-0.25, -0.2) is 4.57 Å². The third-order valence-electron chi connectivity index (χ3n) is 11.2. The number of benzene rings is 6. The van der Waals surface area contributed by atoms with E-state index in [-0.39, 0.29) is 0 Å². The number of unbranched alkanes of at least 4 members (excludes halogenated alkanes) is 2. The summed E-state index contributed by atoms with van der Waals surface area (Å²) in [5.41, 5.74) is 2.47. The fourth-order valence-electron chi connectivity index (χ4n) is 8.36. The second-order valence-corrected chi connectivity index (χ2v) is 22.0. The Morgan fingerprint density at radius 3 is 1.17 bits per heavy atom. The maximum Gasteiger partial charge on any atom is 0.169 e. The highest BCUT2D eigenvalue weighted by Gasteiger charge is 2.45. The Kier molecular flexibility index (Phi) is 14.6. The summed E-state index contributed by atoms with van der Waals surface area (Å²) in [4.78, 5) is 0. The lowest BCUT2D eigenvalue weighted by Gasteiger charge is -2.27. The van der Waals surface area contributed by atoms with Gasteiger partial charge < -0.3 is 0 Å². The van der Waals surface area contributed by atoms with Gasteiger partial charge in [0, 0.05) is 18.6 Å². The molecule has 7 rings (SSSR count). The first-order valence-electron chi connectivity index (χ1n) is 20.8. The number of nitrogens with zero attached hydrogens (tertiary/aromatic N) is 1. The molecule has 0 aliphatic carbocycles. The molecule has 0 bridgehead atoms. The minimum Gasteiger partial charge on any atom is -0.205 e. The van der Waals surface area contributed by atoms with Crippen LogP contribution in [0, 0.1) is 0 Å².